The lowest BCUT2D eigenvalue weighted by molar-refractivity contribution is 0.0946. The SMILES string of the molecule is Cc1nc(NCCNC(=O)c2c(F)cccc2F)cc(-n2cnc(C)c2C)n1. The first kappa shape index (κ1) is 19.4. The third-order valence-electron chi connectivity index (χ3n) is 4.23. The predicted molar refractivity (Wildman–Crippen MR) is 101 cm³/mol. The summed E-state index contributed by atoms with van der Waals surface area (Å²) in [5.41, 5.74) is 1.30. The van der Waals surface area contributed by atoms with Crippen LogP contribution in [0.25, 0.3) is 5.82 Å². The molecule has 0 radical (unpaired) electrons. The Morgan fingerprint density at radius 3 is 2.46 bits per heavy atom. The van der Waals surface area contributed by atoms with Crippen LogP contribution in [0.15, 0.2) is 30.6 Å². The van der Waals surface area contributed by atoms with Gasteiger partial charge in [-0.2, -0.15) is 0 Å². The van der Waals surface area contributed by atoms with Crippen molar-refractivity contribution >= 4 is 11.7 Å². The molecule has 0 bridgehead atoms. The molecule has 9 heteroatoms. The molecule has 1 amide bonds. The zero-order valence-corrected chi connectivity index (χ0v) is 15.8. The third kappa shape index (κ3) is 4.13. The van der Waals surface area contributed by atoms with Gasteiger partial charge in [0.1, 0.15) is 41.0 Å². The first-order valence-corrected chi connectivity index (χ1v) is 8.69. The molecule has 0 unspecified atom stereocenters. The maximum absolute atomic E-state index is 13.6. The fourth-order valence-electron chi connectivity index (χ4n) is 2.67. The van der Waals surface area contributed by atoms with Gasteiger partial charge in [0.2, 0.25) is 0 Å². The molecule has 0 aliphatic heterocycles. The van der Waals surface area contributed by atoms with E-state index in [1.807, 2.05) is 18.4 Å². The minimum absolute atomic E-state index is 0.161. The molecule has 28 heavy (non-hydrogen) atoms. The molecule has 146 valence electrons. The zero-order chi connectivity index (χ0) is 20.3. The molecule has 2 N–H and O–H groups in total. The summed E-state index contributed by atoms with van der Waals surface area (Å²) in [6.07, 6.45) is 1.69. The molecular weight excluding hydrogens is 366 g/mol. The average molecular weight is 386 g/mol. The van der Waals surface area contributed by atoms with Gasteiger partial charge < -0.3 is 10.6 Å². The van der Waals surface area contributed by atoms with Crippen LogP contribution in [-0.4, -0.2) is 38.5 Å². The molecule has 0 saturated carbocycles. The Hall–Kier alpha value is -3.36. The van der Waals surface area contributed by atoms with Crippen molar-refractivity contribution in [3.63, 3.8) is 0 Å². The summed E-state index contributed by atoms with van der Waals surface area (Å²) in [6, 6.07) is 5.06. The van der Waals surface area contributed by atoms with Crippen LogP contribution < -0.4 is 10.6 Å². The summed E-state index contributed by atoms with van der Waals surface area (Å²) >= 11 is 0. The number of imidazole rings is 1. The van der Waals surface area contributed by atoms with Crippen LogP contribution in [0, 0.1) is 32.4 Å². The second kappa shape index (κ2) is 8.12. The quantitative estimate of drug-likeness (QED) is 0.637. The van der Waals surface area contributed by atoms with E-state index in [2.05, 4.69) is 25.6 Å². The van der Waals surface area contributed by atoms with Gasteiger partial charge in [0.25, 0.3) is 5.91 Å². The fraction of sp³-hybridized carbons (Fsp3) is 0.263. The van der Waals surface area contributed by atoms with Crippen molar-refractivity contribution < 1.29 is 13.6 Å². The van der Waals surface area contributed by atoms with Gasteiger partial charge in [-0.05, 0) is 32.9 Å². The topological polar surface area (TPSA) is 84.7 Å². The van der Waals surface area contributed by atoms with Crippen LogP contribution in [0.2, 0.25) is 0 Å². The first-order valence-electron chi connectivity index (χ1n) is 8.69. The highest BCUT2D eigenvalue weighted by Gasteiger charge is 2.16. The molecule has 3 rings (SSSR count). The molecule has 0 spiro atoms. The Morgan fingerprint density at radius 2 is 1.82 bits per heavy atom. The highest BCUT2D eigenvalue weighted by Crippen LogP contribution is 2.15. The molecule has 7 nitrogen and oxygen atoms in total. The normalized spacial score (nSPS) is 10.8. The minimum Gasteiger partial charge on any atom is -0.368 e. The van der Waals surface area contributed by atoms with Gasteiger partial charge in [0, 0.05) is 24.8 Å². The largest absolute Gasteiger partial charge is 0.368 e. The smallest absolute Gasteiger partial charge is 0.257 e. The number of carbonyl (C=O) groups is 1. The number of rotatable bonds is 6. The van der Waals surface area contributed by atoms with Gasteiger partial charge in [-0.25, -0.2) is 23.7 Å². The number of amides is 1. The van der Waals surface area contributed by atoms with Gasteiger partial charge in [0.05, 0.1) is 5.69 Å². The molecule has 3 aromatic rings. The van der Waals surface area contributed by atoms with Crippen molar-refractivity contribution in [3.05, 3.63) is 65.0 Å². The van der Waals surface area contributed by atoms with Gasteiger partial charge >= 0.3 is 0 Å². The van der Waals surface area contributed by atoms with E-state index in [0.717, 1.165) is 23.5 Å². The summed E-state index contributed by atoms with van der Waals surface area (Å²) in [6.45, 7) is 6.12. The van der Waals surface area contributed by atoms with E-state index in [1.54, 1.807) is 19.3 Å². The second-order valence-corrected chi connectivity index (χ2v) is 6.22. The number of hydrogen-bond acceptors (Lipinski definition) is 5. The van der Waals surface area contributed by atoms with E-state index in [9.17, 15) is 13.6 Å². The van der Waals surface area contributed by atoms with E-state index in [0.29, 0.717) is 24.0 Å². The van der Waals surface area contributed by atoms with Crippen LogP contribution in [-0.2, 0) is 0 Å². The maximum Gasteiger partial charge on any atom is 0.257 e. The minimum atomic E-state index is -0.896. The molecule has 2 aromatic heterocycles. The number of carbonyl (C=O) groups excluding carboxylic acids is 1. The fourth-order valence-corrected chi connectivity index (χ4v) is 2.67. The Kier molecular flexibility index (Phi) is 5.62. The van der Waals surface area contributed by atoms with E-state index >= 15 is 0 Å². The average Bonchev–Trinajstić information content (AvgIpc) is 2.97. The van der Waals surface area contributed by atoms with Gasteiger partial charge in [-0.15, -0.1) is 0 Å². The number of hydrogen-bond donors (Lipinski definition) is 2. The number of anilines is 1. The summed E-state index contributed by atoms with van der Waals surface area (Å²) in [5.74, 6) is -0.783. The van der Waals surface area contributed by atoms with Crippen LogP contribution >= 0.6 is 0 Å². The van der Waals surface area contributed by atoms with Crippen molar-refractivity contribution in [2.45, 2.75) is 20.8 Å². The molecule has 2 heterocycles. The zero-order valence-electron chi connectivity index (χ0n) is 15.8. The Bertz CT molecular complexity index is 997. The van der Waals surface area contributed by atoms with Crippen LogP contribution in [0.1, 0.15) is 27.6 Å². The monoisotopic (exact) mass is 386 g/mol. The summed E-state index contributed by atoms with van der Waals surface area (Å²) in [5, 5.41) is 5.56. The summed E-state index contributed by atoms with van der Waals surface area (Å²) in [7, 11) is 0. The Labute approximate surface area is 160 Å². The molecule has 0 atom stereocenters. The molecule has 0 fully saturated rings. The number of nitrogens with zero attached hydrogens (tertiary/aromatic N) is 4. The van der Waals surface area contributed by atoms with E-state index in [1.165, 1.54) is 6.07 Å². The molecule has 0 aliphatic rings. The molecule has 0 saturated heterocycles. The third-order valence-corrected chi connectivity index (χ3v) is 4.23. The standard InChI is InChI=1S/C19H20F2N6O/c1-11-12(2)27(10-24-11)17-9-16(25-13(3)26-17)22-7-8-23-19(28)18-14(20)5-4-6-15(18)21/h4-6,9-10H,7-8H2,1-3H3,(H,23,28)(H,22,25,26). The van der Waals surface area contributed by atoms with Gasteiger partial charge in [0.15, 0.2) is 0 Å². The number of aromatic nitrogens is 4. The van der Waals surface area contributed by atoms with Crippen LogP contribution in [0.5, 0.6) is 0 Å². The number of nitrogens with one attached hydrogen (secondary N) is 2. The predicted octanol–water partition coefficient (Wildman–Crippen LogP) is 2.71. The van der Waals surface area contributed by atoms with E-state index < -0.39 is 23.1 Å². The molecule has 0 aliphatic carbocycles. The van der Waals surface area contributed by atoms with Gasteiger partial charge in [-0.3, -0.25) is 9.36 Å². The van der Waals surface area contributed by atoms with Crippen molar-refractivity contribution in [1.29, 1.82) is 0 Å². The van der Waals surface area contributed by atoms with E-state index in [4.69, 9.17) is 0 Å². The Balaban J connectivity index is 1.62. The first-order chi connectivity index (χ1) is 13.4. The van der Waals surface area contributed by atoms with Crippen molar-refractivity contribution in [1.82, 2.24) is 24.8 Å². The number of benzene rings is 1. The summed E-state index contributed by atoms with van der Waals surface area (Å²) in [4.78, 5) is 25.0. The summed E-state index contributed by atoms with van der Waals surface area (Å²) < 4.78 is 29.1. The lowest BCUT2D eigenvalue weighted by atomic mass is 10.2. The molecular formula is C19H20F2N6O. The van der Waals surface area contributed by atoms with Crippen molar-refractivity contribution in [2.24, 2.45) is 0 Å². The van der Waals surface area contributed by atoms with E-state index in [-0.39, 0.29) is 6.54 Å². The number of aryl methyl sites for hydroxylation is 2. The lowest BCUT2D eigenvalue weighted by Gasteiger charge is -2.11. The van der Waals surface area contributed by atoms with Crippen LogP contribution in [0.3, 0.4) is 0 Å². The second-order valence-electron chi connectivity index (χ2n) is 6.22. The molecule has 1 aromatic carbocycles. The van der Waals surface area contributed by atoms with Crippen molar-refractivity contribution in [3.8, 4) is 5.82 Å². The highest BCUT2D eigenvalue weighted by atomic mass is 19.1. The highest BCUT2D eigenvalue weighted by molar-refractivity contribution is 5.94. The lowest BCUT2D eigenvalue weighted by Crippen LogP contribution is -2.30. The van der Waals surface area contributed by atoms with Crippen LogP contribution in [0.4, 0.5) is 14.6 Å². The van der Waals surface area contributed by atoms with Crippen molar-refractivity contribution in [2.75, 3.05) is 18.4 Å². The van der Waals surface area contributed by atoms with Gasteiger partial charge in [-0.1, -0.05) is 6.07 Å². The Morgan fingerprint density at radius 1 is 1.11 bits per heavy atom. The number of halogens is 2. The maximum atomic E-state index is 13.6.